The van der Waals surface area contributed by atoms with Gasteiger partial charge in [0.25, 0.3) is 5.91 Å². The molecule has 1 amide bonds. The SMILES string of the molecule is CC(=O)OC1C(C(=O)N(c2cc(Cl)cc(Cl)c2)[C@H]2CCC[C@@H]2O)OC(CO)C(O)C1n1cc(-c2cc(F)c(Cl)c(F)c2)nn1. The van der Waals surface area contributed by atoms with Gasteiger partial charge in [-0.15, -0.1) is 5.10 Å². The summed E-state index contributed by atoms with van der Waals surface area (Å²) >= 11 is 18.1. The molecule has 2 aromatic carbocycles. The Kier molecular flexibility index (Phi) is 9.75. The normalized spacial score (nSPS) is 26.9. The minimum absolute atomic E-state index is 0.0348. The molecule has 1 saturated heterocycles. The van der Waals surface area contributed by atoms with Gasteiger partial charge in [0.2, 0.25) is 0 Å². The number of benzene rings is 2. The Labute approximate surface area is 264 Å². The molecule has 3 N–H and O–H groups in total. The van der Waals surface area contributed by atoms with Crippen LogP contribution in [0.1, 0.15) is 32.2 Å². The second-order valence-corrected chi connectivity index (χ2v) is 11.8. The molecule has 1 aliphatic carbocycles. The first-order valence-corrected chi connectivity index (χ1v) is 14.7. The van der Waals surface area contributed by atoms with Crippen LogP contribution in [0, 0.1) is 11.6 Å². The molecule has 0 spiro atoms. The molecule has 236 valence electrons. The lowest BCUT2D eigenvalue weighted by Crippen LogP contribution is -2.63. The van der Waals surface area contributed by atoms with Crippen LogP contribution in [0.4, 0.5) is 14.5 Å². The number of ether oxygens (including phenoxy) is 2. The number of rotatable bonds is 7. The van der Waals surface area contributed by atoms with E-state index in [-0.39, 0.29) is 27.0 Å². The molecular weight excluding hydrogens is 649 g/mol. The quantitative estimate of drug-likeness (QED) is 0.252. The van der Waals surface area contributed by atoms with Gasteiger partial charge >= 0.3 is 5.97 Å². The van der Waals surface area contributed by atoms with Gasteiger partial charge in [0.15, 0.2) is 12.2 Å². The van der Waals surface area contributed by atoms with E-state index in [9.17, 15) is 33.7 Å². The number of hydrogen-bond donors (Lipinski definition) is 3. The fourth-order valence-electron chi connectivity index (χ4n) is 5.70. The van der Waals surface area contributed by atoms with Crippen LogP contribution in [-0.4, -0.2) is 85.4 Å². The molecule has 3 aromatic rings. The van der Waals surface area contributed by atoms with E-state index >= 15 is 0 Å². The zero-order valence-corrected chi connectivity index (χ0v) is 25.3. The third-order valence-electron chi connectivity index (χ3n) is 7.65. The number of aliphatic hydroxyl groups excluding tert-OH is 3. The van der Waals surface area contributed by atoms with Crippen molar-refractivity contribution in [3.63, 3.8) is 0 Å². The predicted octanol–water partition coefficient (Wildman–Crippen LogP) is 3.72. The highest BCUT2D eigenvalue weighted by atomic mass is 35.5. The summed E-state index contributed by atoms with van der Waals surface area (Å²) < 4.78 is 40.8. The van der Waals surface area contributed by atoms with Gasteiger partial charge in [0.1, 0.15) is 40.6 Å². The molecule has 1 saturated carbocycles. The zero-order chi connectivity index (χ0) is 31.9. The van der Waals surface area contributed by atoms with Crippen molar-refractivity contribution in [2.45, 2.75) is 68.8 Å². The highest BCUT2D eigenvalue weighted by Crippen LogP contribution is 2.38. The van der Waals surface area contributed by atoms with E-state index in [1.54, 1.807) is 0 Å². The fourth-order valence-corrected chi connectivity index (χ4v) is 6.32. The molecule has 2 heterocycles. The van der Waals surface area contributed by atoms with Crippen molar-refractivity contribution in [1.82, 2.24) is 15.0 Å². The number of carbonyl (C=O) groups excluding carboxylic acids is 2. The highest BCUT2D eigenvalue weighted by molar-refractivity contribution is 6.35. The van der Waals surface area contributed by atoms with Crippen molar-refractivity contribution < 1.29 is 43.2 Å². The van der Waals surface area contributed by atoms with Gasteiger partial charge in [-0.1, -0.05) is 40.0 Å². The Hall–Kier alpha value is -2.91. The largest absolute Gasteiger partial charge is 0.457 e. The van der Waals surface area contributed by atoms with Crippen molar-refractivity contribution in [2.75, 3.05) is 11.5 Å². The van der Waals surface area contributed by atoms with Gasteiger partial charge in [0, 0.05) is 28.2 Å². The average molecular weight is 676 g/mol. The van der Waals surface area contributed by atoms with Gasteiger partial charge in [-0.25, -0.2) is 13.5 Å². The van der Waals surface area contributed by atoms with Crippen LogP contribution in [0.25, 0.3) is 11.3 Å². The Morgan fingerprint density at radius 2 is 1.75 bits per heavy atom. The number of aromatic nitrogens is 3. The van der Waals surface area contributed by atoms with Crippen LogP contribution in [0.3, 0.4) is 0 Å². The summed E-state index contributed by atoms with van der Waals surface area (Å²) in [5.74, 6) is -3.70. The molecule has 5 unspecified atom stereocenters. The summed E-state index contributed by atoms with van der Waals surface area (Å²) in [5.41, 5.74) is 0.168. The third-order valence-corrected chi connectivity index (χ3v) is 8.44. The fraction of sp³-hybridized carbons (Fsp3) is 0.429. The molecule has 44 heavy (non-hydrogen) atoms. The van der Waals surface area contributed by atoms with Crippen LogP contribution in [0.2, 0.25) is 15.1 Å². The molecule has 2 fully saturated rings. The smallest absolute Gasteiger partial charge is 0.303 e. The lowest BCUT2D eigenvalue weighted by Gasteiger charge is -2.45. The maximum Gasteiger partial charge on any atom is 0.303 e. The molecular formula is C28H27Cl3F2N4O7. The molecule has 2 aliphatic rings. The molecule has 0 radical (unpaired) electrons. The summed E-state index contributed by atoms with van der Waals surface area (Å²) in [4.78, 5) is 28.0. The maximum atomic E-state index is 14.4. The molecule has 1 aliphatic heterocycles. The van der Waals surface area contributed by atoms with E-state index in [0.717, 1.165) is 23.7 Å². The standard InChI is InChI=1S/C28H27Cl3F2N4O7/c1-12(39)43-26-24(36-10-19(34-35-36)13-5-17(32)23(31)18(33)6-13)25(41)22(11-38)44-27(26)28(42)37(20-3-2-4-21(20)40)16-8-14(29)7-15(30)9-16/h5-10,20-22,24-27,38,40-41H,2-4,11H2,1H3/t20-,21-,22?,24?,25?,26?,27?/m0/s1. The Balaban J connectivity index is 1.59. The minimum Gasteiger partial charge on any atom is -0.457 e. The van der Waals surface area contributed by atoms with E-state index in [1.165, 1.54) is 29.3 Å². The predicted molar refractivity (Wildman–Crippen MR) is 154 cm³/mol. The molecule has 1 aromatic heterocycles. The van der Waals surface area contributed by atoms with Gasteiger partial charge < -0.3 is 29.7 Å². The number of hydrogen-bond acceptors (Lipinski definition) is 9. The first kappa shape index (κ1) is 32.5. The number of halogens is 5. The van der Waals surface area contributed by atoms with E-state index in [4.69, 9.17) is 44.3 Å². The van der Waals surface area contributed by atoms with Gasteiger partial charge in [-0.05, 0) is 49.6 Å². The average Bonchev–Trinajstić information content (AvgIpc) is 3.60. The van der Waals surface area contributed by atoms with E-state index < -0.39 is 77.7 Å². The number of aliphatic hydroxyl groups is 3. The second-order valence-electron chi connectivity index (χ2n) is 10.6. The first-order valence-electron chi connectivity index (χ1n) is 13.5. The molecule has 11 nitrogen and oxygen atoms in total. The highest BCUT2D eigenvalue weighted by Gasteiger charge is 2.53. The van der Waals surface area contributed by atoms with Crippen LogP contribution in [0.5, 0.6) is 0 Å². The summed E-state index contributed by atoms with van der Waals surface area (Å²) in [6.07, 6.45) is -4.44. The zero-order valence-electron chi connectivity index (χ0n) is 23.0. The van der Waals surface area contributed by atoms with Gasteiger partial charge in [-0.2, -0.15) is 0 Å². The maximum absolute atomic E-state index is 14.4. The molecule has 0 bridgehead atoms. The summed E-state index contributed by atoms with van der Waals surface area (Å²) in [7, 11) is 0. The number of anilines is 1. The van der Waals surface area contributed by atoms with E-state index in [0.29, 0.717) is 19.3 Å². The lowest BCUT2D eigenvalue weighted by molar-refractivity contribution is -0.216. The van der Waals surface area contributed by atoms with Crippen LogP contribution < -0.4 is 4.90 Å². The number of carbonyl (C=O) groups is 2. The van der Waals surface area contributed by atoms with Crippen LogP contribution in [0.15, 0.2) is 36.5 Å². The van der Waals surface area contributed by atoms with Crippen molar-refractivity contribution in [1.29, 1.82) is 0 Å². The minimum atomic E-state index is -1.65. The summed E-state index contributed by atoms with van der Waals surface area (Å²) in [5, 5.41) is 39.8. The topological polar surface area (TPSA) is 147 Å². The number of esters is 1. The second kappa shape index (κ2) is 13.2. The summed E-state index contributed by atoms with van der Waals surface area (Å²) in [6.45, 7) is 0.336. The van der Waals surface area contributed by atoms with Crippen molar-refractivity contribution in [3.8, 4) is 11.3 Å². The molecule has 16 heteroatoms. The van der Waals surface area contributed by atoms with Crippen molar-refractivity contribution in [2.24, 2.45) is 0 Å². The number of nitrogens with zero attached hydrogens (tertiary/aromatic N) is 4. The van der Waals surface area contributed by atoms with Crippen molar-refractivity contribution in [3.05, 3.63) is 63.2 Å². The molecule has 7 atom stereocenters. The van der Waals surface area contributed by atoms with E-state index in [1.807, 2.05) is 0 Å². The Morgan fingerprint density at radius 1 is 1.09 bits per heavy atom. The van der Waals surface area contributed by atoms with Gasteiger partial charge in [0.05, 0.1) is 24.9 Å². The number of amides is 1. The molecule has 5 rings (SSSR count). The van der Waals surface area contributed by atoms with E-state index in [2.05, 4.69) is 10.3 Å². The first-order chi connectivity index (χ1) is 20.9. The Bertz CT molecular complexity index is 1520. The van der Waals surface area contributed by atoms with Crippen molar-refractivity contribution >= 4 is 52.4 Å². The lowest BCUT2D eigenvalue weighted by atomic mass is 9.91. The summed E-state index contributed by atoms with van der Waals surface area (Å²) in [6, 6.07) is 4.19. The van der Waals surface area contributed by atoms with Crippen LogP contribution >= 0.6 is 34.8 Å². The third kappa shape index (κ3) is 6.41. The van der Waals surface area contributed by atoms with Crippen LogP contribution in [-0.2, 0) is 19.1 Å². The Morgan fingerprint density at radius 3 is 2.32 bits per heavy atom. The van der Waals surface area contributed by atoms with Gasteiger partial charge in [-0.3, -0.25) is 9.59 Å². The monoisotopic (exact) mass is 674 g/mol.